The average molecular weight is 449 g/mol. The lowest BCUT2D eigenvalue weighted by atomic mass is 9.89. The molecule has 2 atom stereocenters. The van der Waals surface area contributed by atoms with Crippen molar-refractivity contribution in [3.05, 3.63) is 11.6 Å². The van der Waals surface area contributed by atoms with Gasteiger partial charge in [0.1, 0.15) is 6.04 Å². The van der Waals surface area contributed by atoms with Crippen LogP contribution in [0.1, 0.15) is 65.7 Å². The molecule has 1 aliphatic heterocycles. The van der Waals surface area contributed by atoms with Gasteiger partial charge in [-0.05, 0) is 44.4 Å². The summed E-state index contributed by atoms with van der Waals surface area (Å²) in [7, 11) is 1.67. The van der Waals surface area contributed by atoms with Crippen LogP contribution in [0.5, 0.6) is 0 Å². The molecule has 2 N–H and O–H groups in total. The van der Waals surface area contributed by atoms with Gasteiger partial charge in [0.25, 0.3) is 0 Å². The van der Waals surface area contributed by atoms with Gasteiger partial charge >= 0.3 is 0 Å². The van der Waals surface area contributed by atoms with Crippen molar-refractivity contribution in [3.63, 3.8) is 0 Å². The third-order valence-corrected chi connectivity index (χ3v) is 6.72. The Balaban J connectivity index is 2.02. The molecule has 1 heterocycles. The summed E-state index contributed by atoms with van der Waals surface area (Å²) in [5, 5.41) is 5.47. The van der Waals surface area contributed by atoms with E-state index in [1.54, 1.807) is 29.8 Å². The molecule has 0 unspecified atom stereocenters. The van der Waals surface area contributed by atoms with Crippen molar-refractivity contribution >= 4 is 24.1 Å². The first kappa shape index (κ1) is 25.9. The summed E-state index contributed by atoms with van der Waals surface area (Å²) in [6.07, 6.45) is 9.88. The second-order valence-corrected chi connectivity index (χ2v) is 9.49. The maximum atomic E-state index is 13.2. The maximum Gasteiger partial charge on any atom is 0.249 e. The van der Waals surface area contributed by atoms with Gasteiger partial charge in [0.05, 0.1) is 12.6 Å². The topological polar surface area (TPSA) is 98.8 Å². The van der Waals surface area contributed by atoms with E-state index in [2.05, 4.69) is 10.6 Å². The Morgan fingerprint density at radius 2 is 1.78 bits per heavy atom. The number of likely N-dealkylation sites (tertiary alicyclic amines) is 1. The number of amides is 4. The van der Waals surface area contributed by atoms with Gasteiger partial charge in [0, 0.05) is 25.7 Å². The van der Waals surface area contributed by atoms with Crippen molar-refractivity contribution in [1.82, 2.24) is 20.4 Å². The number of rotatable bonds is 10. The smallest absolute Gasteiger partial charge is 0.249 e. The maximum absolute atomic E-state index is 13.2. The lowest BCUT2D eigenvalue weighted by Crippen LogP contribution is -2.47. The summed E-state index contributed by atoms with van der Waals surface area (Å²) < 4.78 is 0. The monoisotopic (exact) mass is 448 g/mol. The van der Waals surface area contributed by atoms with Crippen molar-refractivity contribution in [2.24, 2.45) is 11.8 Å². The largest absolute Gasteiger partial charge is 0.354 e. The highest BCUT2D eigenvalue weighted by molar-refractivity contribution is 5.97. The molecule has 1 aliphatic carbocycles. The second kappa shape index (κ2) is 12.6. The highest BCUT2D eigenvalue weighted by atomic mass is 16.2. The Labute approximate surface area is 192 Å². The molecule has 1 saturated carbocycles. The molecule has 2 fully saturated rings. The third-order valence-electron chi connectivity index (χ3n) is 6.72. The normalized spacial score (nSPS) is 20.7. The minimum atomic E-state index is -0.428. The Morgan fingerprint density at radius 1 is 1.09 bits per heavy atom. The van der Waals surface area contributed by atoms with Crippen LogP contribution in [0.2, 0.25) is 0 Å². The number of nitrogens with zero attached hydrogens (tertiary/aromatic N) is 2. The summed E-state index contributed by atoms with van der Waals surface area (Å²) in [6, 6.07) is -0.718. The van der Waals surface area contributed by atoms with Crippen molar-refractivity contribution in [1.29, 1.82) is 0 Å². The molecule has 0 aromatic heterocycles. The van der Waals surface area contributed by atoms with Crippen LogP contribution < -0.4 is 10.6 Å². The van der Waals surface area contributed by atoms with E-state index in [4.69, 9.17) is 0 Å². The quantitative estimate of drug-likeness (QED) is 0.394. The predicted molar refractivity (Wildman–Crippen MR) is 124 cm³/mol. The van der Waals surface area contributed by atoms with E-state index >= 15 is 0 Å². The van der Waals surface area contributed by atoms with E-state index in [1.165, 1.54) is 32.1 Å². The predicted octanol–water partition coefficient (Wildman–Crippen LogP) is 1.85. The molecule has 1 saturated heterocycles. The molecule has 4 amide bonds. The van der Waals surface area contributed by atoms with E-state index in [0.717, 1.165) is 6.42 Å². The number of nitrogens with one attached hydrogen (secondary N) is 2. The lowest BCUT2D eigenvalue weighted by molar-refractivity contribution is -0.136. The summed E-state index contributed by atoms with van der Waals surface area (Å²) in [5.41, 5.74) is 0.527. The number of carbonyl (C=O) groups is 4. The minimum absolute atomic E-state index is 0.0538. The number of likely N-dealkylation sites (N-methyl/N-ethyl adjacent to an activating group) is 1. The van der Waals surface area contributed by atoms with Gasteiger partial charge in [-0.1, -0.05) is 39.2 Å². The van der Waals surface area contributed by atoms with Gasteiger partial charge in [-0.25, -0.2) is 0 Å². The molecular weight excluding hydrogens is 408 g/mol. The van der Waals surface area contributed by atoms with E-state index in [-0.39, 0.29) is 36.2 Å². The van der Waals surface area contributed by atoms with Crippen LogP contribution in [-0.4, -0.2) is 72.7 Å². The molecule has 0 spiro atoms. The first-order valence-corrected chi connectivity index (χ1v) is 12.0. The Kier molecular flexibility index (Phi) is 10.2. The average Bonchev–Trinajstić information content (AvgIpc) is 3.28. The van der Waals surface area contributed by atoms with Gasteiger partial charge in [0.2, 0.25) is 24.1 Å². The zero-order chi connectivity index (χ0) is 23.7. The number of hydrogen-bond donors (Lipinski definition) is 2. The second-order valence-electron chi connectivity index (χ2n) is 9.49. The number of hydrogen-bond acceptors (Lipinski definition) is 4. The molecule has 32 heavy (non-hydrogen) atoms. The van der Waals surface area contributed by atoms with Gasteiger partial charge in [-0.15, -0.1) is 0 Å². The number of carbonyl (C=O) groups excluding carboxylic acids is 4. The van der Waals surface area contributed by atoms with Crippen molar-refractivity contribution < 1.29 is 19.2 Å². The molecule has 8 heteroatoms. The molecular formula is C24H40N4O4. The van der Waals surface area contributed by atoms with Gasteiger partial charge < -0.3 is 20.4 Å². The van der Waals surface area contributed by atoms with Gasteiger partial charge in [-0.3, -0.25) is 19.2 Å². The zero-order valence-electron chi connectivity index (χ0n) is 20.1. The SMILES string of the molecule is CC(=C[C@H](C(C)C)N(C)C(=O)CNC=O)C(=O)N1CCC[C@H]1C(=O)NCC1CCCCC1. The Bertz CT molecular complexity index is 700. The van der Waals surface area contributed by atoms with Crippen LogP contribution in [0.3, 0.4) is 0 Å². The van der Waals surface area contributed by atoms with Gasteiger partial charge in [-0.2, -0.15) is 0 Å². The van der Waals surface area contributed by atoms with Crippen molar-refractivity contribution in [2.45, 2.75) is 77.8 Å². The molecule has 0 bridgehead atoms. The fraction of sp³-hybridized carbons (Fsp3) is 0.750. The minimum Gasteiger partial charge on any atom is -0.354 e. The molecule has 2 rings (SSSR count). The Hall–Kier alpha value is -2.38. The van der Waals surface area contributed by atoms with Crippen LogP contribution in [0, 0.1) is 11.8 Å². The standard InChI is InChI=1S/C24H40N4O4/c1-17(2)21(27(4)22(30)15-25-16-29)13-18(3)24(32)28-12-8-11-20(28)23(31)26-14-19-9-6-5-7-10-19/h13,16-17,19-21H,5-12,14-15H2,1-4H3,(H,25,29)(H,26,31)/t20-,21+/m0/s1. The van der Waals surface area contributed by atoms with Crippen LogP contribution in [-0.2, 0) is 19.2 Å². The summed E-state index contributed by atoms with van der Waals surface area (Å²) in [5.74, 6) is 0.192. The fourth-order valence-corrected chi connectivity index (χ4v) is 4.76. The van der Waals surface area contributed by atoms with Crippen LogP contribution in [0.4, 0.5) is 0 Å². The highest BCUT2D eigenvalue weighted by Crippen LogP contribution is 2.24. The van der Waals surface area contributed by atoms with Crippen molar-refractivity contribution in [3.8, 4) is 0 Å². The Morgan fingerprint density at radius 3 is 2.41 bits per heavy atom. The first-order valence-electron chi connectivity index (χ1n) is 12.0. The van der Waals surface area contributed by atoms with E-state index in [1.807, 2.05) is 13.8 Å². The summed E-state index contributed by atoms with van der Waals surface area (Å²) >= 11 is 0. The highest BCUT2D eigenvalue weighted by Gasteiger charge is 2.35. The van der Waals surface area contributed by atoms with Crippen LogP contribution >= 0.6 is 0 Å². The molecule has 0 aromatic carbocycles. The summed E-state index contributed by atoms with van der Waals surface area (Å²) in [4.78, 5) is 52.1. The summed E-state index contributed by atoms with van der Waals surface area (Å²) in [6.45, 7) is 6.88. The molecule has 180 valence electrons. The molecule has 8 nitrogen and oxygen atoms in total. The molecule has 0 aromatic rings. The fourth-order valence-electron chi connectivity index (χ4n) is 4.76. The third kappa shape index (κ3) is 7.07. The van der Waals surface area contributed by atoms with Crippen LogP contribution in [0.15, 0.2) is 11.6 Å². The molecule has 2 aliphatic rings. The lowest BCUT2D eigenvalue weighted by Gasteiger charge is -2.30. The zero-order valence-corrected chi connectivity index (χ0v) is 20.1. The van der Waals surface area contributed by atoms with Crippen LogP contribution in [0.25, 0.3) is 0 Å². The van der Waals surface area contributed by atoms with E-state index < -0.39 is 6.04 Å². The molecule has 0 radical (unpaired) electrons. The van der Waals surface area contributed by atoms with Gasteiger partial charge in [0.15, 0.2) is 0 Å². The van der Waals surface area contributed by atoms with Crippen molar-refractivity contribution in [2.75, 3.05) is 26.7 Å². The first-order chi connectivity index (χ1) is 15.3. The van der Waals surface area contributed by atoms with E-state index in [0.29, 0.717) is 37.4 Å². The van der Waals surface area contributed by atoms with E-state index in [9.17, 15) is 19.2 Å².